The van der Waals surface area contributed by atoms with Gasteiger partial charge in [-0.1, -0.05) is 34.1 Å². The first kappa shape index (κ1) is 16.5. The predicted octanol–water partition coefficient (Wildman–Crippen LogP) is 2.24. The van der Waals surface area contributed by atoms with Crippen molar-refractivity contribution < 1.29 is 14.3 Å². The van der Waals surface area contributed by atoms with Crippen LogP contribution >= 0.6 is 15.9 Å². The summed E-state index contributed by atoms with van der Waals surface area (Å²) >= 11 is 3.46. The minimum absolute atomic E-state index is 0.186. The fourth-order valence-electron chi connectivity index (χ4n) is 1.59. The average Bonchev–Trinajstić information content (AvgIpc) is 2.41. The Bertz CT molecular complexity index is 452. The van der Waals surface area contributed by atoms with E-state index in [1.165, 1.54) is 0 Å². The van der Waals surface area contributed by atoms with Gasteiger partial charge in [-0.25, -0.2) is 4.79 Å². The number of esters is 1. The highest BCUT2D eigenvalue weighted by Crippen LogP contribution is 2.15. The quantitative estimate of drug-likeness (QED) is 0.746. The minimum atomic E-state index is -0.305. The maximum atomic E-state index is 11.5. The van der Waals surface area contributed by atoms with Crippen LogP contribution in [0, 0.1) is 0 Å². The molecule has 0 saturated heterocycles. The summed E-state index contributed by atoms with van der Waals surface area (Å²) in [6.07, 6.45) is 0.929. The fourth-order valence-corrected chi connectivity index (χ4v) is 2.07. The Kier molecular flexibility index (Phi) is 7.72. The highest BCUT2D eigenvalue weighted by molar-refractivity contribution is 9.10. The molecule has 1 aromatic carbocycles. The first-order valence-electron chi connectivity index (χ1n) is 6.54. The van der Waals surface area contributed by atoms with Gasteiger partial charge in [-0.05, 0) is 25.0 Å². The van der Waals surface area contributed by atoms with Crippen molar-refractivity contribution in [3.05, 3.63) is 34.3 Å². The van der Waals surface area contributed by atoms with Crippen molar-refractivity contribution in [3.63, 3.8) is 0 Å². The number of rotatable bonds is 7. The molecule has 0 bridgehead atoms. The van der Waals surface area contributed by atoms with E-state index in [1.54, 1.807) is 6.92 Å². The molecule has 1 rings (SSSR count). The molecule has 0 aromatic heterocycles. The van der Waals surface area contributed by atoms with Gasteiger partial charge in [0.2, 0.25) is 0 Å². The zero-order valence-corrected chi connectivity index (χ0v) is 13.0. The van der Waals surface area contributed by atoms with E-state index in [0.29, 0.717) is 13.2 Å². The summed E-state index contributed by atoms with van der Waals surface area (Å²) in [5.41, 5.74) is 1.14. The SMILES string of the molecule is CCOC(=O)CCNC(=O)NCCc1ccccc1Br. The summed E-state index contributed by atoms with van der Waals surface area (Å²) in [6, 6.07) is 7.60. The van der Waals surface area contributed by atoms with Gasteiger partial charge in [0, 0.05) is 17.6 Å². The molecule has 5 nitrogen and oxygen atoms in total. The molecule has 0 saturated carbocycles. The van der Waals surface area contributed by atoms with E-state index in [1.807, 2.05) is 24.3 Å². The largest absolute Gasteiger partial charge is 0.466 e. The highest BCUT2D eigenvalue weighted by atomic mass is 79.9. The lowest BCUT2D eigenvalue weighted by Crippen LogP contribution is -2.37. The number of benzene rings is 1. The lowest BCUT2D eigenvalue weighted by atomic mass is 10.1. The Labute approximate surface area is 127 Å². The second kappa shape index (κ2) is 9.36. The summed E-state index contributed by atoms with van der Waals surface area (Å²) in [5, 5.41) is 5.35. The molecule has 0 atom stereocenters. The maximum Gasteiger partial charge on any atom is 0.314 e. The van der Waals surface area contributed by atoms with E-state index in [9.17, 15) is 9.59 Å². The van der Waals surface area contributed by atoms with Crippen LogP contribution in [0.4, 0.5) is 4.79 Å². The first-order chi connectivity index (χ1) is 9.63. The number of hydrogen-bond acceptors (Lipinski definition) is 3. The summed E-state index contributed by atoms with van der Waals surface area (Å²) in [5.74, 6) is -0.305. The van der Waals surface area contributed by atoms with Crippen LogP contribution in [0.3, 0.4) is 0 Å². The van der Waals surface area contributed by atoms with E-state index in [2.05, 4.69) is 26.6 Å². The molecule has 0 spiro atoms. The summed E-state index contributed by atoms with van der Waals surface area (Å²) in [4.78, 5) is 22.5. The van der Waals surface area contributed by atoms with Crippen LogP contribution in [0.15, 0.2) is 28.7 Å². The summed E-state index contributed by atoms with van der Waals surface area (Å²) in [7, 11) is 0. The third kappa shape index (κ3) is 6.56. The lowest BCUT2D eigenvalue weighted by molar-refractivity contribution is -0.142. The molecule has 2 N–H and O–H groups in total. The van der Waals surface area contributed by atoms with Crippen LogP contribution in [-0.4, -0.2) is 31.7 Å². The Hall–Kier alpha value is -1.56. The molecule has 0 aliphatic carbocycles. The van der Waals surface area contributed by atoms with Gasteiger partial charge >= 0.3 is 12.0 Å². The number of carbonyl (C=O) groups excluding carboxylic acids is 2. The van der Waals surface area contributed by atoms with Crippen LogP contribution in [0.2, 0.25) is 0 Å². The van der Waals surface area contributed by atoms with Crippen molar-refractivity contribution >= 4 is 27.9 Å². The molecule has 0 radical (unpaired) electrons. The van der Waals surface area contributed by atoms with E-state index in [-0.39, 0.29) is 25.0 Å². The molecule has 0 unspecified atom stereocenters. The van der Waals surface area contributed by atoms with Crippen molar-refractivity contribution in [2.75, 3.05) is 19.7 Å². The van der Waals surface area contributed by atoms with Crippen molar-refractivity contribution in [2.24, 2.45) is 0 Å². The number of nitrogens with one attached hydrogen (secondary N) is 2. The van der Waals surface area contributed by atoms with Gasteiger partial charge < -0.3 is 15.4 Å². The normalized spacial score (nSPS) is 9.90. The Balaban J connectivity index is 2.14. The van der Waals surface area contributed by atoms with Gasteiger partial charge in [0.05, 0.1) is 13.0 Å². The molecule has 0 aliphatic heterocycles. The molecule has 0 fully saturated rings. The fraction of sp³-hybridized carbons (Fsp3) is 0.429. The van der Waals surface area contributed by atoms with Crippen LogP contribution < -0.4 is 10.6 Å². The molecular weight excluding hydrogens is 324 g/mol. The van der Waals surface area contributed by atoms with Gasteiger partial charge in [0.15, 0.2) is 0 Å². The van der Waals surface area contributed by atoms with Crippen LogP contribution in [0.5, 0.6) is 0 Å². The third-order valence-electron chi connectivity index (χ3n) is 2.56. The standard InChI is InChI=1S/C14H19BrN2O3/c1-2-20-13(18)8-10-17-14(19)16-9-7-11-5-3-4-6-12(11)15/h3-6H,2,7-10H2,1H3,(H2,16,17,19). The van der Waals surface area contributed by atoms with Crippen LogP contribution in [0.25, 0.3) is 0 Å². The Morgan fingerprint density at radius 3 is 2.60 bits per heavy atom. The molecular formula is C14H19BrN2O3. The van der Waals surface area contributed by atoms with E-state index < -0.39 is 0 Å². The van der Waals surface area contributed by atoms with Gasteiger partial charge in [-0.3, -0.25) is 4.79 Å². The average molecular weight is 343 g/mol. The van der Waals surface area contributed by atoms with Crippen molar-refractivity contribution in [1.29, 1.82) is 0 Å². The highest BCUT2D eigenvalue weighted by Gasteiger charge is 2.04. The third-order valence-corrected chi connectivity index (χ3v) is 3.33. The summed E-state index contributed by atoms with van der Waals surface area (Å²) in [6.45, 7) is 2.92. The smallest absolute Gasteiger partial charge is 0.314 e. The zero-order valence-electron chi connectivity index (χ0n) is 11.4. The summed E-state index contributed by atoms with van der Waals surface area (Å²) < 4.78 is 5.79. The number of carbonyl (C=O) groups is 2. The molecule has 0 aliphatic rings. The van der Waals surface area contributed by atoms with Gasteiger partial charge in [-0.2, -0.15) is 0 Å². The molecule has 1 aromatic rings. The monoisotopic (exact) mass is 342 g/mol. The predicted molar refractivity (Wildman–Crippen MR) is 80.5 cm³/mol. The number of hydrogen-bond donors (Lipinski definition) is 2. The Morgan fingerprint density at radius 1 is 1.20 bits per heavy atom. The van der Waals surface area contributed by atoms with E-state index >= 15 is 0 Å². The van der Waals surface area contributed by atoms with E-state index in [4.69, 9.17) is 4.74 Å². The number of ether oxygens (including phenoxy) is 1. The van der Waals surface area contributed by atoms with Gasteiger partial charge in [-0.15, -0.1) is 0 Å². The molecule has 6 heteroatoms. The van der Waals surface area contributed by atoms with Crippen molar-refractivity contribution in [3.8, 4) is 0 Å². The number of amides is 2. The van der Waals surface area contributed by atoms with E-state index in [0.717, 1.165) is 16.5 Å². The minimum Gasteiger partial charge on any atom is -0.466 e. The first-order valence-corrected chi connectivity index (χ1v) is 7.33. The second-order valence-corrected chi connectivity index (χ2v) is 4.93. The van der Waals surface area contributed by atoms with Crippen molar-refractivity contribution in [1.82, 2.24) is 10.6 Å². The molecule has 2 amide bonds. The van der Waals surface area contributed by atoms with Crippen LogP contribution in [0.1, 0.15) is 18.9 Å². The zero-order chi connectivity index (χ0) is 14.8. The topological polar surface area (TPSA) is 67.4 Å². The number of urea groups is 1. The van der Waals surface area contributed by atoms with Crippen LogP contribution in [-0.2, 0) is 16.0 Å². The second-order valence-electron chi connectivity index (χ2n) is 4.08. The van der Waals surface area contributed by atoms with Gasteiger partial charge in [0.25, 0.3) is 0 Å². The van der Waals surface area contributed by atoms with Crippen molar-refractivity contribution in [2.45, 2.75) is 19.8 Å². The van der Waals surface area contributed by atoms with Gasteiger partial charge in [0.1, 0.15) is 0 Å². The maximum absolute atomic E-state index is 11.5. The lowest BCUT2D eigenvalue weighted by Gasteiger charge is -2.08. The molecule has 0 heterocycles. The number of halogens is 1. The molecule has 20 heavy (non-hydrogen) atoms. The Morgan fingerprint density at radius 2 is 1.90 bits per heavy atom. The molecule has 110 valence electrons.